The van der Waals surface area contributed by atoms with Gasteiger partial charge in [0.15, 0.2) is 0 Å². The van der Waals surface area contributed by atoms with Gasteiger partial charge >= 0.3 is 0 Å². The molecule has 5 N–H and O–H groups in total. The van der Waals surface area contributed by atoms with Gasteiger partial charge in [0.1, 0.15) is 5.82 Å². The van der Waals surface area contributed by atoms with E-state index in [1.165, 1.54) is 12.1 Å². The third kappa shape index (κ3) is 4.40. The van der Waals surface area contributed by atoms with Crippen molar-refractivity contribution in [2.75, 3.05) is 12.3 Å². The fourth-order valence-electron chi connectivity index (χ4n) is 1.41. The van der Waals surface area contributed by atoms with E-state index in [4.69, 9.17) is 11.5 Å². The number of nitrogens with one attached hydrogen (secondary N) is 1. The molecule has 0 heterocycles. The quantitative estimate of drug-likeness (QED) is 0.516. The van der Waals surface area contributed by atoms with E-state index in [0.29, 0.717) is 31.4 Å². The third-order valence-corrected chi connectivity index (χ3v) is 2.39. The van der Waals surface area contributed by atoms with Crippen LogP contribution in [0.25, 0.3) is 0 Å². The summed E-state index contributed by atoms with van der Waals surface area (Å²) < 4.78 is 12.9. The number of amides is 2. The molecule has 1 rings (SSSR count). The molecule has 0 aliphatic carbocycles. The summed E-state index contributed by atoms with van der Waals surface area (Å²) in [6.45, 7) is 0.434. The van der Waals surface area contributed by atoms with Crippen molar-refractivity contribution < 1.29 is 14.0 Å². The lowest BCUT2D eigenvalue weighted by atomic mass is 10.1. The molecule has 1 aromatic rings. The monoisotopic (exact) mass is 253 g/mol. The largest absolute Gasteiger partial charge is 0.396 e. The van der Waals surface area contributed by atoms with E-state index in [2.05, 4.69) is 5.32 Å². The van der Waals surface area contributed by atoms with Crippen molar-refractivity contribution in [3.8, 4) is 0 Å². The van der Waals surface area contributed by atoms with Gasteiger partial charge in [0.2, 0.25) is 5.91 Å². The predicted octanol–water partition coefficient (Wildman–Crippen LogP) is 0.793. The van der Waals surface area contributed by atoms with Gasteiger partial charge < -0.3 is 16.8 Å². The average molecular weight is 253 g/mol. The number of halogens is 1. The van der Waals surface area contributed by atoms with Crippen molar-refractivity contribution in [1.29, 1.82) is 0 Å². The van der Waals surface area contributed by atoms with E-state index >= 15 is 0 Å². The highest BCUT2D eigenvalue weighted by molar-refractivity contribution is 5.95. The van der Waals surface area contributed by atoms with Crippen LogP contribution in [-0.2, 0) is 4.79 Å². The lowest BCUT2D eigenvalue weighted by Gasteiger charge is -2.05. The Hall–Kier alpha value is -2.11. The van der Waals surface area contributed by atoms with Gasteiger partial charge in [0.25, 0.3) is 5.91 Å². The van der Waals surface area contributed by atoms with E-state index in [1.54, 1.807) is 0 Å². The molecule has 1 aromatic carbocycles. The normalized spacial score (nSPS) is 10.1. The Morgan fingerprint density at radius 3 is 2.61 bits per heavy atom. The van der Waals surface area contributed by atoms with Gasteiger partial charge in [-0.25, -0.2) is 4.39 Å². The number of unbranched alkanes of at least 4 members (excludes halogenated alkanes) is 1. The first-order valence-corrected chi connectivity index (χ1v) is 5.62. The highest BCUT2D eigenvalue weighted by atomic mass is 19.1. The van der Waals surface area contributed by atoms with Crippen LogP contribution in [0.15, 0.2) is 18.2 Å². The molecule has 18 heavy (non-hydrogen) atoms. The first-order valence-electron chi connectivity index (χ1n) is 5.62. The van der Waals surface area contributed by atoms with Crippen LogP contribution in [0.1, 0.15) is 29.6 Å². The summed E-state index contributed by atoms with van der Waals surface area (Å²) >= 11 is 0. The number of rotatable bonds is 6. The zero-order valence-electron chi connectivity index (χ0n) is 9.91. The Morgan fingerprint density at radius 1 is 1.28 bits per heavy atom. The number of nitrogens with two attached hydrogens (primary N) is 2. The van der Waals surface area contributed by atoms with Crippen LogP contribution in [0.3, 0.4) is 0 Å². The average Bonchev–Trinajstić information content (AvgIpc) is 2.31. The number of benzene rings is 1. The standard InChI is InChI=1S/C12H16FN3O2/c13-9-5-4-8(7-10(9)14)12(18)16-6-2-1-3-11(15)17/h4-5,7H,1-3,6,14H2,(H2,15,17)(H,16,18). The fraction of sp³-hybridized carbons (Fsp3) is 0.333. The molecule has 0 aliphatic rings. The van der Waals surface area contributed by atoms with E-state index in [-0.39, 0.29) is 17.5 Å². The van der Waals surface area contributed by atoms with Gasteiger partial charge in [-0.05, 0) is 31.0 Å². The summed E-state index contributed by atoms with van der Waals surface area (Å²) in [7, 11) is 0. The molecular weight excluding hydrogens is 237 g/mol. The van der Waals surface area contributed by atoms with Crippen molar-refractivity contribution in [3.05, 3.63) is 29.6 Å². The Morgan fingerprint density at radius 2 is 2.00 bits per heavy atom. The zero-order chi connectivity index (χ0) is 13.5. The van der Waals surface area contributed by atoms with Crippen LogP contribution in [0.5, 0.6) is 0 Å². The second-order valence-corrected chi connectivity index (χ2v) is 3.92. The molecule has 0 bridgehead atoms. The second-order valence-electron chi connectivity index (χ2n) is 3.92. The molecule has 0 atom stereocenters. The van der Waals surface area contributed by atoms with Crippen molar-refractivity contribution in [2.45, 2.75) is 19.3 Å². The molecule has 0 unspecified atom stereocenters. The van der Waals surface area contributed by atoms with Crippen LogP contribution in [-0.4, -0.2) is 18.4 Å². The number of carbonyl (C=O) groups excluding carboxylic acids is 2. The molecule has 0 radical (unpaired) electrons. The van der Waals surface area contributed by atoms with Crippen LogP contribution >= 0.6 is 0 Å². The lowest BCUT2D eigenvalue weighted by Crippen LogP contribution is -2.24. The highest BCUT2D eigenvalue weighted by Crippen LogP contribution is 2.11. The maximum Gasteiger partial charge on any atom is 0.251 e. The number of hydrogen-bond acceptors (Lipinski definition) is 3. The summed E-state index contributed by atoms with van der Waals surface area (Å²) in [5.41, 5.74) is 10.6. The topological polar surface area (TPSA) is 98.2 Å². The maximum atomic E-state index is 12.9. The smallest absolute Gasteiger partial charge is 0.251 e. The van der Waals surface area contributed by atoms with E-state index in [0.717, 1.165) is 6.07 Å². The molecule has 0 fully saturated rings. The number of nitrogen functional groups attached to an aromatic ring is 1. The molecule has 2 amide bonds. The molecule has 6 heteroatoms. The summed E-state index contributed by atoms with van der Waals surface area (Å²) in [4.78, 5) is 22.1. The number of anilines is 1. The molecule has 0 saturated heterocycles. The van der Waals surface area contributed by atoms with Gasteiger partial charge in [-0.15, -0.1) is 0 Å². The number of hydrogen-bond donors (Lipinski definition) is 3. The van der Waals surface area contributed by atoms with Crippen molar-refractivity contribution in [1.82, 2.24) is 5.32 Å². The molecular formula is C12H16FN3O2. The Labute approximate surface area is 104 Å². The van der Waals surface area contributed by atoms with Crippen LogP contribution in [0, 0.1) is 5.82 Å². The van der Waals surface area contributed by atoms with Crippen molar-refractivity contribution in [2.24, 2.45) is 5.73 Å². The lowest BCUT2D eigenvalue weighted by molar-refractivity contribution is -0.118. The second kappa shape index (κ2) is 6.58. The van der Waals surface area contributed by atoms with Crippen LogP contribution in [0.2, 0.25) is 0 Å². The number of primary amides is 1. The predicted molar refractivity (Wildman–Crippen MR) is 66.2 cm³/mol. The van der Waals surface area contributed by atoms with Crippen LogP contribution < -0.4 is 16.8 Å². The van der Waals surface area contributed by atoms with Gasteiger partial charge in [-0.1, -0.05) is 0 Å². The summed E-state index contributed by atoms with van der Waals surface area (Å²) in [5.74, 6) is -1.22. The molecule has 5 nitrogen and oxygen atoms in total. The molecule has 0 aromatic heterocycles. The molecule has 0 aliphatic heterocycles. The minimum Gasteiger partial charge on any atom is -0.396 e. The maximum absolute atomic E-state index is 12.9. The SMILES string of the molecule is NC(=O)CCCCNC(=O)c1ccc(F)c(N)c1. The Bertz CT molecular complexity index is 449. The third-order valence-electron chi connectivity index (χ3n) is 2.39. The first kappa shape index (κ1) is 14.0. The van der Waals surface area contributed by atoms with Gasteiger partial charge in [0, 0.05) is 18.5 Å². The Kier molecular flexibility index (Phi) is 5.10. The summed E-state index contributed by atoms with van der Waals surface area (Å²) in [6.07, 6.45) is 1.59. The minimum absolute atomic E-state index is 0.0589. The van der Waals surface area contributed by atoms with Crippen molar-refractivity contribution in [3.63, 3.8) is 0 Å². The van der Waals surface area contributed by atoms with Crippen LogP contribution in [0.4, 0.5) is 10.1 Å². The van der Waals surface area contributed by atoms with E-state index < -0.39 is 5.82 Å². The Balaban J connectivity index is 2.36. The summed E-state index contributed by atoms with van der Waals surface area (Å²) in [5, 5.41) is 2.65. The van der Waals surface area contributed by atoms with E-state index in [1.807, 2.05) is 0 Å². The van der Waals surface area contributed by atoms with Gasteiger partial charge in [-0.3, -0.25) is 9.59 Å². The highest BCUT2D eigenvalue weighted by Gasteiger charge is 2.07. The number of carbonyl (C=O) groups is 2. The van der Waals surface area contributed by atoms with Crippen molar-refractivity contribution >= 4 is 17.5 Å². The minimum atomic E-state index is -0.548. The molecule has 98 valence electrons. The zero-order valence-corrected chi connectivity index (χ0v) is 9.91. The van der Waals surface area contributed by atoms with E-state index in [9.17, 15) is 14.0 Å². The fourth-order valence-corrected chi connectivity index (χ4v) is 1.41. The van der Waals surface area contributed by atoms with Gasteiger partial charge in [0.05, 0.1) is 5.69 Å². The first-order chi connectivity index (χ1) is 8.50. The molecule has 0 spiro atoms. The van der Waals surface area contributed by atoms with Gasteiger partial charge in [-0.2, -0.15) is 0 Å². The molecule has 0 saturated carbocycles. The summed E-state index contributed by atoms with van der Waals surface area (Å²) in [6, 6.07) is 3.80.